The lowest BCUT2D eigenvalue weighted by Gasteiger charge is -2.03. The predicted molar refractivity (Wildman–Crippen MR) is 67.1 cm³/mol. The summed E-state index contributed by atoms with van der Waals surface area (Å²) < 4.78 is 0. The van der Waals surface area contributed by atoms with E-state index in [0.717, 1.165) is 9.92 Å². The van der Waals surface area contributed by atoms with Gasteiger partial charge in [-0.25, -0.2) is 9.97 Å². The van der Waals surface area contributed by atoms with Crippen molar-refractivity contribution in [2.24, 2.45) is 0 Å². The van der Waals surface area contributed by atoms with Gasteiger partial charge in [0.2, 0.25) is 0 Å². The van der Waals surface area contributed by atoms with Gasteiger partial charge >= 0.3 is 0 Å². The van der Waals surface area contributed by atoms with Gasteiger partial charge in [-0.05, 0) is 26.0 Å². The van der Waals surface area contributed by atoms with Crippen LogP contribution in [-0.4, -0.2) is 9.97 Å². The molecule has 0 unspecified atom stereocenters. The number of nitrogens with zero attached hydrogens (tertiary/aromatic N) is 2. The van der Waals surface area contributed by atoms with E-state index in [2.05, 4.69) is 35.1 Å². The van der Waals surface area contributed by atoms with E-state index in [-0.39, 0.29) is 0 Å². The summed E-state index contributed by atoms with van der Waals surface area (Å²) in [5.41, 5.74) is 1.24. The maximum Gasteiger partial charge on any atom is 0.133 e. The van der Waals surface area contributed by atoms with Gasteiger partial charge in [0.15, 0.2) is 0 Å². The Labute approximate surface area is 104 Å². The highest BCUT2D eigenvalue weighted by Crippen LogP contribution is 2.27. The number of aryl methyl sites for hydroxylation is 2. The van der Waals surface area contributed by atoms with Crippen LogP contribution < -0.4 is 0 Å². The highest BCUT2D eigenvalue weighted by Gasteiger charge is 2.02. The minimum Gasteiger partial charge on any atom is -0.226 e. The molecule has 0 saturated carbocycles. The third-order valence-corrected chi connectivity index (χ3v) is 3.10. The molecule has 0 fully saturated rings. The van der Waals surface area contributed by atoms with E-state index in [1.807, 2.05) is 13.0 Å². The first kappa shape index (κ1) is 11.4. The van der Waals surface area contributed by atoms with Gasteiger partial charge in [0, 0.05) is 11.0 Å². The molecule has 0 aliphatic carbocycles. The van der Waals surface area contributed by atoms with Crippen molar-refractivity contribution >= 4 is 23.4 Å². The predicted octanol–water partition coefficient (Wildman–Crippen LogP) is 3.90. The molecule has 0 atom stereocenters. The van der Waals surface area contributed by atoms with Crippen LogP contribution >= 0.6 is 23.4 Å². The highest BCUT2D eigenvalue weighted by molar-refractivity contribution is 7.99. The number of hydrogen-bond acceptors (Lipinski definition) is 3. The van der Waals surface area contributed by atoms with E-state index in [1.165, 1.54) is 5.56 Å². The fourth-order valence-corrected chi connectivity index (χ4v) is 2.63. The van der Waals surface area contributed by atoms with Gasteiger partial charge in [0.25, 0.3) is 0 Å². The molecule has 4 heteroatoms. The largest absolute Gasteiger partial charge is 0.226 e. The van der Waals surface area contributed by atoms with Gasteiger partial charge in [-0.2, -0.15) is 0 Å². The van der Waals surface area contributed by atoms with Gasteiger partial charge in [0.1, 0.15) is 16.0 Å². The van der Waals surface area contributed by atoms with Crippen LogP contribution in [0, 0.1) is 13.8 Å². The van der Waals surface area contributed by atoms with Crippen LogP contribution in [0.25, 0.3) is 0 Å². The lowest BCUT2D eigenvalue weighted by molar-refractivity contribution is 0.968. The minimum absolute atomic E-state index is 0.489. The van der Waals surface area contributed by atoms with Crippen LogP contribution in [0.3, 0.4) is 0 Å². The van der Waals surface area contributed by atoms with Gasteiger partial charge < -0.3 is 0 Å². The summed E-state index contributed by atoms with van der Waals surface area (Å²) >= 11 is 7.48. The standard InChI is InChI=1S/C12H11ClN2S/c1-8-4-3-5-10(6-8)16-12-7-11(13)14-9(2)15-12/h3-7H,1-2H3. The fourth-order valence-electron chi connectivity index (χ4n) is 1.36. The second-order valence-electron chi connectivity index (χ2n) is 3.49. The third kappa shape index (κ3) is 2.97. The van der Waals surface area contributed by atoms with Crippen LogP contribution in [0.15, 0.2) is 40.3 Å². The molecule has 2 rings (SSSR count). The Hall–Kier alpha value is -1.06. The third-order valence-electron chi connectivity index (χ3n) is 2.00. The summed E-state index contributed by atoms with van der Waals surface area (Å²) in [5, 5.41) is 1.37. The first-order valence-corrected chi connectivity index (χ1v) is 6.08. The Morgan fingerprint density at radius 1 is 1.12 bits per heavy atom. The summed E-state index contributed by atoms with van der Waals surface area (Å²) in [6.45, 7) is 3.91. The van der Waals surface area contributed by atoms with Crippen LogP contribution in [0.1, 0.15) is 11.4 Å². The highest BCUT2D eigenvalue weighted by atomic mass is 35.5. The van der Waals surface area contributed by atoms with Crippen molar-refractivity contribution in [2.45, 2.75) is 23.8 Å². The van der Waals surface area contributed by atoms with Crippen molar-refractivity contribution in [3.8, 4) is 0 Å². The van der Waals surface area contributed by atoms with Gasteiger partial charge in [-0.3, -0.25) is 0 Å². The monoisotopic (exact) mass is 250 g/mol. The lowest BCUT2D eigenvalue weighted by atomic mass is 10.2. The number of halogens is 1. The second-order valence-corrected chi connectivity index (χ2v) is 4.98. The van der Waals surface area contributed by atoms with Gasteiger partial charge in [-0.15, -0.1) is 0 Å². The molecule has 0 aliphatic heterocycles. The molecule has 1 aromatic heterocycles. The second kappa shape index (κ2) is 4.85. The van der Waals surface area contributed by atoms with Crippen molar-refractivity contribution in [2.75, 3.05) is 0 Å². The van der Waals surface area contributed by atoms with Crippen LogP contribution in [0.4, 0.5) is 0 Å². The van der Waals surface area contributed by atoms with E-state index in [0.29, 0.717) is 11.0 Å². The van der Waals surface area contributed by atoms with Crippen LogP contribution in [0.2, 0.25) is 5.15 Å². The Balaban J connectivity index is 2.27. The first-order valence-electron chi connectivity index (χ1n) is 4.89. The Morgan fingerprint density at radius 2 is 1.94 bits per heavy atom. The number of hydrogen-bond donors (Lipinski definition) is 0. The minimum atomic E-state index is 0.489. The average Bonchev–Trinajstić information content (AvgIpc) is 2.15. The number of benzene rings is 1. The smallest absolute Gasteiger partial charge is 0.133 e. The van der Waals surface area contributed by atoms with Crippen molar-refractivity contribution in [1.82, 2.24) is 9.97 Å². The lowest BCUT2D eigenvalue weighted by Crippen LogP contribution is -1.89. The molecule has 0 aliphatic rings. The summed E-state index contributed by atoms with van der Waals surface area (Å²) in [7, 11) is 0. The molecule has 0 amide bonds. The van der Waals surface area contributed by atoms with Crippen molar-refractivity contribution < 1.29 is 0 Å². The summed E-state index contributed by atoms with van der Waals surface area (Å²) in [6.07, 6.45) is 0. The molecular formula is C12H11ClN2S. The fraction of sp³-hybridized carbons (Fsp3) is 0.167. The molecule has 16 heavy (non-hydrogen) atoms. The molecule has 0 saturated heterocycles. The summed E-state index contributed by atoms with van der Waals surface area (Å²) in [6, 6.07) is 10.1. The molecule has 0 spiro atoms. The molecule has 2 nitrogen and oxygen atoms in total. The quantitative estimate of drug-likeness (QED) is 0.756. The average molecular weight is 251 g/mol. The van der Waals surface area contributed by atoms with Crippen molar-refractivity contribution in [3.63, 3.8) is 0 Å². The van der Waals surface area contributed by atoms with E-state index in [9.17, 15) is 0 Å². The maximum absolute atomic E-state index is 5.88. The molecular weight excluding hydrogens is 240 g/mol. The van der Waals surface area contributed by atoms with Crippen LogP contribution in [-0.2, 0) is 0 Å². The van der Waals surface area contributed by atoms with E-state index in [1.54, 1.807) is 17.8 Å². The first-order chi connectivity index (χ1) is 7.63. The molecule has 82 valence electrons. The molecule has 1 aromatic carbocycles. The topological polar surface area (TPSA) is 25.8 Å². The molecule has 0 N–H and O–H groups in total. The molecule has 0 bridgehead atoms. The summed E-state index contributed by atoms with van der Waals surface area (Å²) in [5.74, 6) is 0.697. The zero-order valence-corrected chi connectivity index (χ0v) is 10.6. The zero-order chi connectivity index (χ0) is 11.5. The SMILES string of the molecule is Cc1cccc(Sc2cc(Cl)nc(C)n2)c1. The number of aromatic nitrogens is 2. The van der Waals surface area contributed by atoms with Gasteiger partial charge in [0.05, 0.1) is 0 Å². The molecule has 0 radical (unpaired) electrons. The van der Waals surface area contributed by atoms with Crippen molar-refractivity contribution in [3.05, 3.63) is 46.9 Å². The van der Waals surface area contributed by atoms with E-state index < -0.39 is 0 Å². The molecule has 2 aromatic rings. The summed E-state index contributed by atoms with van der Waals surface area (Å²) in [4.78, 5) is 9.52. The normalized spacial score (nSPS) is 10.4. The zero-order valence-electron chi connectivity index (χ0n) is 9.07. The maximum atomic E-state index is 5.88. The Bertz CT molecular complexity index is 494. The van der Waals surface area contributed by atoms with E-state index >= 15 is 0 Å². The molecule has 1 heterocycles. The van der Waals surface area contributed by atoms with Gasteiger partial charge in [-0.1, -0.05) is 41.1 Å². The van der Waals surface area contributed by atoms with E-state index in [4.69, 9.17) is 11.6 Å². The van der Waals surface area contributed by atoms with Crippen molar-refractivity contribution in [1.29, 1.82) is 0 Å². The Morgan fingerprint density at radius 3 is 2.62 bits per heavy atom. The number of rotatable bonds is 2. The Kier molecular flexibility index (Phi) is 3.46. The van der Waals surface area contributed by atoms with Crippen LogP contribution in [0.5, 0.6) is 0 Å².